The van der Waals surface area contributed by atoms with Crippen LogP contribution in [0, 0.1) is 5.41 Å². The summed E-state index contributed by atoms with van der Waals surface area (Å²) >= 11 is 0. The number of benzene rings is 1. The lowest BCUT2D eigenvalue weighted by Crippen LogP contribution is -2.45. The zero-order valence-electron chi connectivity index (χ0n) is 11.4. The molecule has 2 aromatic rings. The van der Waals surface area contributed by atoms with Crippen molar-refractivity contribution in [3.63, 3.8) is 0 Å². The van der Waals surface area contributed by atoms with Crippen molar-refractivity contribution in [3.8, 4) is 0 Å². The van der Waals surface area contributed by atoms with Gasteiger partial charge in [-0.3, -0.25) is 0 Å². The number of para-hydroxylation sites is 2. The molecule has 1 aliphatic rings. The van der Waals surface area contributed by atoms with Gasteiger partial charge in [0.25, 0.3) is 0 Å². The second-order valence-electron chi connectivity index (χ2n) is 5.61. The highest BCUT2D eigenvalue weighted by atomic mass is 16.3. The zero-order chi connectivity index (χ0) is 13.3. The van der Waals surface area contributed by atoms with E-state index in [1.165, 1.54) is 0 Å². The Hall–Kier alpha value is -1.55. The number of hydrogen-bond acceptors (Lipinski definition) is 3. The standard InChI is InChI=1S/C15H21N3O/c1-2-15(11-19)8-5-9-18(10-15)14-16-12-6-3-4-7-13(12)17-14/h3-4,6-7,19H,2,5,8-11H2,1H3,(H,16,17)/t15-/m1/s1. The van der Waals surface area contributed by atoms with Gasteiger partial charge in [-0.25, -0.2) is 4.98 Å². The van der Waals surface area contributed by atoms with Gasteiger partial charge in [-0.05, 0) is 31.4 Å². The predicted molar refractivity (Wildman–Crippen MR) is 77.4 cm³/mol. The molecule has 0 unspecified atom stereocenters. The van der Waals surface area contributed by atoms with Crippen molar-refractivity contribution in [1.82, 2.24) is 9.97 Å². The number of piperidine rings is 1. The Kier molecular flexibility index (Phi) is 3.19. The van der Waals surface area contributed by atoms with E-state index in [0.29, 0.717) is 0 Å². The lowest BCUT2D eigenvalue weighted by Gasteiger charge is -2.41. The normalized spacial score (nSPS) is 24.0. The maximum atomic E-state index is 9.69. The van der Waals surface area contributed by atoms with Gasteiger partial charge in [0.05, 0.1) is 17.6 Å². The van der Waals surface area contributed by atoms with Gasteiger partial charge in [0.1, 0.15) is 0 Å². The predicted octanol–water partition coefficient (Wildman–Crippen LogP) is 2.55. The minimum Gasteiger partial charge on any atom is -0.396 e. The molecule has 0 aliphatic carbocycles. The monoisotopic (exact) mass is 259 g/mol. The molecule has 2 heterocycles. The summed E-state index contributed by atoms with van der Waals surface area (Å²) in [5.74, 6) is 0.937. The maximum absolute atomic E-state index is 9.69. The number of aromatic nitrogens is 2. The third kappa shape index (κ3) is 2.21. The number of imidazole rings is 1. The summed E-state index contributed by atoms with van der Waals surface area (Å²) < 4.78 is 0. The van der Waals surface area contributed by atoms with Gasteiger partial charge in [0.2, 0.25) is 5.95 Å². The number of aromatic amines is 1. The molecule has 0 radical (unpaired) electrons. The Labute approximate surface area is 113 Å². The average Bonchev–Trinajstić information content (AvgIpc) is 2.91. The number of nitrogens with zero attached hydrogens (tertiary/aromatic N) is 2. The molecule has 1 aromatic heterocycles. The number of fused-ring (bicyclic) bond motifs is 1. The van der Waals surface area contributed by atoms with Crippen molar-refractivity contribution in [2.75, 3.05) is 24.6 Å². The van der Waals surface area contributed by atoms with Gasteiger partial charge in [0.15, 0.2) is 0 Å². The highest BCUT2D eigenvalue weighted by Gasteiger charge is 2.34. The molecule has 102 valence electrons. The van der Waals surface area contributed by atoms with Crippen LogP contribution in [0.2, 0.25) is 0 Å². The second kappa shape index (κ2) is 4.85. The van der Waals surface area contributed by atoms with Crippen LogP contribution in [0.5, 0.6) is 0 Å². The van der Waals surface area contributed by atoms with Gasteiger partial charge in [0, 0.05) is 18.5 Å². The van der Waals surface area contributed by atoms with E-state index in [9.17, 15) is 5.11 Å². The van der Waals surface area contributed by atoms with Crippen molar-refractivity contribution in [3.05, 3.63) is 24.3 Å². The highest BCUT2D eigenvalue weighted by Crippen LogP contribution is 2.34. The Morgan fingerprint density at radius 2 is 2.26 bits per heavy atom. The molecule has 1 atom stereocenters. The van der Waals surface area contributed by atoms with E-state index < -0.39 is 0 Å². The van der Waals surface area contributed by atoms with E-state index >= 15 is 0 Å². The van der Waals surface area contributed by atoms with Crippen LogP contribution in [0.4, 0.5) is 5.95 Å². The molecule has 4 nitrogen and oxygen atoms in total. The molecule has 1 fully saturated rings. The number of H-pyrrole nitrogens is 1. The number of aliphatic hydroxyl groups excluding tert-OH is 1. The van der Waals surface area contributed by atoms with Gasteiger partial charge in [-0.15, -0.1) is 0 Å². The van der Waals surface area contributed by atoms with E-state index in [-0.39, 0.29) is 12.0 Å². The fourth-order valence-corrected chi connectivity index (χ4v) is 3.01. The number of rotatable bonds is 3. The zero-order valence-corrected chi connectivity index (χ0v) is 11.4. The quantitative estimate of drug-likeness (QED) is 0.890. The van der Waals surface area contributed by atoms with Crippen LogP contribution < -0.4 is 4.90 Å². The van der Waals surface area contributed by atoms with Crippen LogP contribution in [0.3, 0.4) is 0 Å². The van der Waals surface area contributed by atoms with Crippen molar-refractivity contribution in [2.45, 2.75) is 26.2 Å². The van der Waals surface area contributed by atoms with Crippen molar-refractivity contribution < 1.29 is 5.11 Å². The molecule has 1 aromatic carbocycles. The number of hydrogen-bond donors (Lipinski definition) is 2. The molecule has 4 heteroatoms. The van der Waals surface area contributed by atoms with Crippen LogP contribution in [-0.2, 0) is 0 Å². The second-order valence-corrected chi connectivity index (χ2v) is 5.61. The molecule has 3 rings (SSSR count). The van der Waals surface area contributed by atoms with Gasteiger partial charge >= 0.3 is 0 Å². The fraction of sp³-hybridized carbons (Fsp3) is 0.533. The van der Waals surface area contributed by atoms with Gasteiger partial charge in [-0.1, -0.05) is 19.1 Å². The molecule has 2 N–H and O–H groups in total. The molecule has 0 bridgehead atoms. The Bertz CT molecular complexity index is 526. The largest absolute Gasteiger partial charge is 0.396 e. The Morgan fingerprint density at radius 1 is 1.42 bits per heavy atom. The fourth-order valence-electron chi connectivity index (χ4n) is 3.01. The summed E-state index contributed by atoms with van der Waals surface area (Å²) in [4.78, 5) is 10.3. The maximum Gasteiger partial charge on any atom is 0.203 e. The Morgan fingerprint density at radius 3 is 3.00 bits per heavy atom. The summed E-state index contributed by atoms with van der Waals surface area (Å²) in [6, 6.07) is 8.10. The molecule has 1 saturated heterocycles. The van der Waals surface area contributed by atoms with E-state index in [1.807, 2.05) is 18.2 Å². The molecular formula is C15H21N3O. The molecule has 0 saturated carbocycles. The number of aliphatic hydroxyl groups is 1. The van der Waals surface area contributed by atoms with Crippen molar-refractivity contribution in [1.29, 1.82) is 0 Å². The van der Waals surface area contributed by atoms with E-state index in [1.54, 1.807) is 0 Å². The first-order valence-corrected chi connectivity index (χ1v) is 7.07. The van der Waals surface area contributed by atoms with Crippen LogP contribution in [0.15, 0.2) is 24.3 Å². The van der Waals surface area contributed by atoms with Gasteiger partial charge < -0.3 is 15.0 Å². The number of anilines is 1. The smallest absolute Gasteiger partial charge is 0.203 e. The summed E-state index contributed by atoms with van der Waals surface area (Å²) in [7, 11) is 0. The summed E-state index contributed by atoms with van der Waals surface area (Å²) in [5, 5.41) is 9.69. The lowest BCUT2D eigenvalue weighted by atomic mass is 9.78. The first kappa shape index (κ1) is 12.5. The third-order valence-corrected chi connectivity index (χ3v) is 4.42. The third-order valence-electron chi connectivity index (χ3n) is 4.42. The Balaban J connectivity index is 1.89. The summed E-state index contributed by atoms with van der Waals surface area (Å²) in [6.45, 7) is 4.33. The van der Waals surface area contributed by atoms with E-state index in [2.05, 4.69) is 27.9 Å². The van der Waals surface area contributed by atoms with Crippen molar-refractivity contribution in [2.24, 2.45) is 5.41 Å². The summed E-state index contributed by atoms with van der Waals surface area (Å²) in [5.41, 5.74) is 2.13. The topological polar surface area (TPSA) is 52.1 Å². The van der Waals surface area contributed by atoms with E-state index in [4.69, 9.17) is 0 Å². The molecule has 0 spiro atoms. The lowest BCUT2D eigenvalue weighted by molar-refractivity contribution is 0.101. The first-order valence-electron chi connectivity index (χ1n) is 7.07. The van der Waals surface area contributed by atoms with E-state index in [0.717, 1.165) is 49.3 Å². The van der Waals surface area contributed by atoms with Crippen LogP contribution in [-0.4, -0.2) is 34.8 Å². The molecule has 1 aliphatic heterocycles. The number of nitrogens with one attached hydrogen (secondary N) is 1. The first-order chi connectivity index (χ1) is 9.26. The molecular weight excluding hydrogens is 238 g/mol. The van der Waals surface area contributed by atoms with Gasteiger partial charge in [-0.2, -0.15) is 0 Å². The molecule has 19 heavy (non-hydrogen) atoms. The summed E-state index contributed by atoms with van der Waals surface area (Å²) in [6.07, 6.45) is 3.24. The average molecular weight is 259 g/mol. The van der Waals surface area contributed by atoms with Crippen LogP contribution in [0.25, 0.3) is 11.0 Å². The van der Waals surface area contributed by atoms with Crippen LogP contribution >= 0.6 is 0 Å². The highest BCUT2D eigenvalue weighted by molar-refractivity contribution is 5.77. The van der Waals surface area contributed by atoms with Crippen molar-refractivity contribution >= 4 is 17.0 Å². The SMILES string of the molecule is CC[C@@]1(CO)CCCN(c2nc3ccccc3[nH]2)C1. The molecule has 0 amide bonds. The minimum absolute atomic E-state index is 0.0389. The van der Waals surface area contributed by atoms with Crippen LogP contribution in [0.1, 0.15) is 26.2 Å². The minimum atomic E-state index is 0.0389.